The van der Waals surface area contributed by atoms with Crippen molar-refractivity contribution < 1.29 is 46.5 Å². The maximum atomic E-state index is 12.9. The summed E-state index contributed by atoms with van der Waals surface area (Å²) in [4.78, 5) is 29.2. The van der Waals surface area contributed by atoms with E-state index in [1.165, 1.54) is 0 Å². The number of nitrogens with zero attached hydrogens (tertiary/aromatic N) is 2. The third kappa shape index (κ3) is 16.1. The Bertz CT molecular complexity index is 1640. The summed E-state index contributed by atoms with van der Waals surface area (Å²) >= 11 is 0. The lowest BCUT2D eigenvalue weighted by Gasteiger charge is -2.41. The van der Waals surface area contributed by atoms with E-state index in [1.54, 1.807) is 15.9 Å². The second-order valence-electron chi connectivity index (χ2n) is 25.1. The quantitative estimate of drug-likeness (QED) is 0.138. The number of hydrogen-bond donors (Lipinski definition) is 0. The van der Waals surface area contributed by atoms with E-state index in [0.29, 0.717) is 39.0 Å². The smallest absolute Gasteiger partial charge is 0.444 e. The SMILES string of the molecule is C=CCN(CC(CC(=C)B1OC(C)(C)C(C)(C)O1)O[Si](C)(C)C(C)(C)C)C(=O)OC(C)(C)C.CC(C)(C)OC(=O)N1CC=C(B2OC(C)(C)C(C)(C)O2)CC(O[Si](C)(C)C(C)(C)C)C1. The zero-order valence-corrected chi connectivity index (χ0v) is 47.1. The maximum absolute atomic E-state index is 12.9. The Hall–Kier alpha value is -1.92. The van der Waals surface area contributed by atoms with Crippen LogP contribution in [0.25, 0.3) is 0 Å². The van der Waals surface area contributed by atoms with Crippen LogP contribution in [0.2, 0.25) is 36.3 Å². The van der Waals surface area contributed by atoms with E-state index in [2.05, 4.69) is 115 Å². The first-order valence-corrected chi connectivity index (χ1v) is 29.2. The Morgan fingerprint density at radius 2 is 1.25 bits per heavy atom. The highest BCUT2D eigenvalue weighted by Crippen LogP contribution is 2.43. The molecule has 64 heavy (non-hydrogen) atoms. The van der Waals surface area contributed by atoms with E-state index in [9.17, 15) is 9.59 Å². The second kappa shape index (κ2) is 20.4. The minimum atomic E-state index is -2.13. The number of carbonyl (C=O) groups is 2. The number of rotatable bonds is 12. The largest absolute Gasteiger partial charge is 0.490 e. The molecule has 0 aliphatic carbocycles. The highest BCUT2D eigenvalue weighted by molar-refractivity contribution is 6.74. The third-order valence-electron chi connectivity index (χ3n) is 13.7. The van der Waals surface area contributed by atoms with Crippen LogP contribution >= 0.6 is 0 Å². The van der Waals surface area contributed by atoms with Crippen LogP contribution in [0, 0.1) is 0 Å². The summed E-state index contributed by atoms with van der Waals surface area (Å²) in [6, 6.07) is 0. The standard InChI is InChI=1S/C25H48BNO5Si.C23H44BNO5Si/c1-15-16-27(21(28)29-22(3,4)5)18-20(30-33(13,14)23(6,7)8)17-19(2)26-31-24(9,10)25(11,12)32-26;1-20(2,3)27-19(26)25-14-13-17(24-29-22(7,8)23(9,10)30-24)15-18(16-25)28-31(11,12)21(4,5)6/h15,20H,1-2,16-18H2,3-14H3;13,18H,14-16H2,1-12H3. The fraction of sp³-hybridized carbons (Fsp3) is 0.833. The van der Waals surface area contributed by atoms with Gasteiger partial charge in [0.05, 0.1) is 34.6 Å². The predicted octanol–water partition coefficient (Wildman–Crippen LogP) is 12.0. The van der Waals surface area contributed by atoms with Crippen LogP contribution in [0.4, 0.5) is 9.59 Å². The average Bonchev–Trinajstić information content (AvgIpc) is 3.29. The van der Waals surface area contributed by atoms with Gasteiger partial charge in [-0.05, 0) is 157 Å². The van der Waals surface area contributed by atoms with Gasteiger partial charge in [0.2, 0.25) is 0 Å². The van der Waals surface area contributed by atoms with Crippen molar-refractivity contribution in [2.45, 2.75) is 233 Å². The van der Waals surface area contributed by atoms with Crippen LogP contribution in [0.1, 0.15) is 151 Å². The lowest BCUT2D eigenvalue weighted by molar-refractivity contribution is 0.00578. The molecule has 2 unspecified atom stereocenters. The van der Waals surface area contributed by atoms with Crippen molar-refractivity contribution in [2.24, 2.45) is 0 Å². The molecule has 0 aromatic heterocycles. The molecule has 0 radical (unpaired) electrons. The Labute approximate surface area is 393 Å². The summed E-state index contributed by atoms with van der Waals surface area (Å²) in [7, 11) is -5.12. The van der Waals surface area contributed by atoms with Crippen LogP contribution < -0.4 is 0 Å². The zero-order chi connectivity index (χ0) is 50.1. The van der Waals surface area contributed by atoms with Gasteiger partial charge in [0.15, 0.2) is 16.6 Å². The Balaban J connectivity index is 0.000000441. The maximum Gasteiger partial charge on any atom is 0.490 e. The summed E-state index contributed by atoms with van der Waals surface area (Å²) in [5.41, 5.74) is -0.996. The predicted molar refractivity (Wildman–Crippen MR) is 269 cm³/mol. The van der Waals surface area contributed by atoms with E-state index in [-0.39, 0.29) is 34.5 Å². The topological polar surface area (TPSA) is 114 Å². The third-order valence-corrected chi connectivity index (χ3v) is 22.8. The molecule has 2 fully saturated rings. The van der Waals surface area contributed by atoms with Crippen molar-refractivity contribution in [1.29, 1.82) is 0 Å². The lowest BCUT2D eigenvalue weighted by Crippen LogP contribution is -2.49. The van der Waals surface area contributed by atoms with Crippen molar-refractivity contribution in [3.63, 3.8) is 0 Å². The molecule has 3 rings (SSSR count). The molecule has 0 bridgehead atoms. The first-order valence-electron chi connectivity index (χ1n) is 23.4. The van der Waals surface area contributed by atoms with Gasteiger partial charge in [-0.15, -0.1) is 13.2 Å². The van der Waals surface area contributed by atoms with E-state index in [1.807, 2.05) is 69.2 Å². The molecule has 3 aliphatic heterocycles. The summed E-state index contributed by atoms with van der Waals surface area (Å²) in [5.74, 6) is 0. The van der Waals surface area contributed by atoms with Gasteiger partial charge in [0.25, 0.3) is 0 Å². The lowest BCUT2D eigenvalue weighted by atomic mass is 9.75. The number of hydrogen-bond acceptors (Lipinski definition) is 10. The van der Waals surface area contributed by atoms with Gasteiger partial charge in [-0.25, -0.2) is 9.59 Å². The van der Waals surface area contributed by atoms with Gasteiger partial charge < -0.3 is 46.7 Å². The minimum absolute atomic E-state index is 0.0199. The molecule has 368 valence electrons. The normalized spacial score (nSPS) is 21.8. The molecule has 0 spiro atoms. The fourth-order valence-electron chi connectivity index (χ4n) is 6.38. The van der Waals surface area contributed by atoms with Crippen molar-refractivity contribution in [3.8, 4) is 0 Å². The van der Waals surface area contributed by atoms with Crippen molar-refractivity contribution >= 4 is 43.1 Å². The molecular weight excluding hydrogens is 842 g/mol. The zero-order valence-electron chi connectivity index (χ0n) is 45.1. The van der Waals surface area contributed by atoms with E-state index in [0.717, 1.165) is 10.9 Å². The van der Waals surface area contributed by atoms with Crippen molar-refractivity contribution in [1.82, 2.24) is 9.80 Å². The number of ether oxygens (including phenoxy) is 2. The average molecular weight is 935 g/mol. The molecular formula is C48H92B2N2O10Si2. The molecule has 0 saturated carbocycles. The number of amides is 2. The molecule has 0 aromatic rings. The molecule has 16 heteroatoms. The molecule has 12 nitrogen and oxygen atoms in total. The van der Waals surface area contributed by atoms with E-state index < -0.39 is 64.5 Å². The van der Waals surface area contributed by atoms with Gasteiger partial charge in [0.1, 0.15) is 11.2 Å². The minimum Gasteiger partial charge on any atom is -0.444 e. The Kier molecular flexibility index (Phi) is 18.5. The van der Waals surface area contributed by atoms with Crippen LogP contribution in [-0.2, 0) is 36.9 Å². The van der Waals surface area contributed by atoms with E-state index >= 15 is 0 Å². The van der Waals surface area contributed by atoms with Crippen molar-refractivity contribution in [2.75, 3.05) is 26.2 Å². The van der Waals surface area contributed by atoms with Crippen LogP contribution in [-0.4, -0.2) is 125 Å². The first kappa shape index (κ1) is 58.2. The summed E-state index contributed by atoms with van der Waals surface area (Å²) < 4.78 is 49.9. The summed E-state index contributed by atoms with van der Waals surface area (Å²) in [6.45, 7) is 59.6. The highest BCUT2D eigenvalue weighted by atomic mass is 28.4. The number of carbonyl (C=O) groups excluding carboxylic acids is 2. The van der Waals surface area contributed by atoms with E-state index in [4.69, 9.17) is 36.9 Å². The van der Waals surface area contributed by atoms with Crippen LogP contribution in [0.15, 0.2) is 36.3 Å². The van der Waals surface area contributed by atoms with Gasteiger partial charge in [-0.1, -0.05) is 53.7 Å². The monoisotopic (exact) mass is 935 g/mol. The highest BCUT2D eigenvalue weighted by Gasteiger charge is 2.54. The molecule has 3 heterocycles. The van der Waals surface area contributed by atoms with Gasteiger partial charge in [-0.2, -0.15) is 0 Å². The van der Waals surface area contributed by atoms with Gasteiger partial charge in [0, 0.05) is 26.2 Å². The van der Waals surface area contributed by atoms with Gasteiger partial charge in [-0.3, -0.25) is 0 Å². The summed E-state index contributed by atoms with van der Waals surface area (Å²) in [6.07, 6.45) is 3.83. The molecule has 2 saturated heterocycles. The fourth-order valence-corrected chi connectivity index (χ4v) is 9.07. The van der Waals surface area contributed by atoms with Crippen molar-refractivity contribution in [3.05, 3.63) is 36.3 Å². The molecule has 0 N–H and O–H groups in total. The molecule has 3 aliphatic rings. The Morgan fingerprint density at radius 1 is 0.797 bits per heavy atom. The molecule has 0 aromatic carbocycles. The molecule has 2 amide bonds. The first-order chi connectivity index (χ1) is 28.4. The molecule has 2 atom stereocenters. The summed E-state index contributed by atoms with van der Waals surface area (Å²) in [5, 5.41) is 0.0936. The Morgan fingerprint density at radius 3 is 1.67 bits per heavy atom. The van der Waals surface area contributed by atoms with Crippen LogP contribution in [0.5, 0.6) is 0 Å². The second-order valence-corrected chi connectivity index (χ2v) is 34.6. The van der Waals surface area contributed by atoms with Crippen LogP contribution in [0.3, 0.4) is 0 Å². The van der Waals surface area contributed by atoms with Gasteiger partial charge >= 0.3 is 26.4 Å².